The van der Waals surface area contributed by atoms with Crippen LogP contribution in [0.1, 0.15) is 28.9 Å². The van der Waals surface area contributed by atoms with Crippen molar-refractivity contribution in [1.29, 1.82) is 0 Å². The second kappa shape index (κ2) is 6.79. The van der Waals surface area contributed by atoms with Crippen molar-refractivity contribution in [3.05, 3.63) is 69.1 Å². The summed E-state index contributed by atoms with van der Waals surface area (Å²) in [5.41, 5.74) is 1.14. The van der Waals surface area contributed by atoms with Crippen LogP contribution in [-0.2, 0) is 11.8 Å². The average molecular weight is 347 g/mol. The monoisotopic (exact) mass is 346 g/mol. The van der Waals surface area contributed by atoms with Crippen LogP contribution in [0.2, 0.25) is 5.02 Å². The molecule has 1 aliphatic rings. The zero-order valence-corrected chi connectivity index (χ0v) is 14.4. The molecule has 2 unspecified atom stereocenters. The topological polar surface area (TPSA) is 51.5 Å². The lowest BCUT2D eigenvalue weighted by Gasteiger charge is -2.38. The van der Waals surface area contributed by atoms with Gasteiger partial charge in [-0.05, 0) is 30.7 Å². The second-order valence-electron chi connectivity index (χ2n) is 6.05. The van der Waals surface area contributed by atoms with E-state index in [0.29, 0.717) is 23.7 Å². The lowest BCUT2D eigenvalue weighted by molar-refractivity contribution is -0.0486. The van der Waals surface area contributed by atoms with Crippen molar-refractivity contribution in [2.24, 2.45) is 7.05 Å². The first kappa shape index (κ1) is 16.7. The van der Waals surface area contributed by atoms with Gasteiger partial charge in [-0.3, -0.25) is 9.59 Å². The van der Waals surface area contributed by atoms with Gasteiger partial charge in [-0.15, -0.1) is 0 Å². The molecular formula is C18H19ClN2O3. The lowest BCUT2D eigenvalue weighted by Crippen LogP contribution is -2.48. The second-order valence-corrected chi connectivity index (χ2v) is 6.48. The molecule has 1 amide bonds. The van der Waals surface area contributed by atoms with Crippen LogP contribution in [0.15, 0.2) is 47.4 Å². The number of carbonyl (C=O) groups excluding carboxylic acids is 1. The molecule has 1 aliphatic heterocycles. The number of aryl methyl sites for hydroxylation is 1. The summed E-state index contributed by atoms with van der Waals surface area (Å²) in [5, 5.41) is 0.638. The van der Waals surface area contributed by atoms with Gasteiger partial charge in [0.2, 0.25) is 0 Å². The Morgan fingerprint density at radius 1 is 1.29 bits per heavy atom. The predicted octanol–water partition coefficient (Wildman–Crippen LogP) is 2.64. The molecule has 2 atom stereocenters. The quantitative estimate of drug-likeness (QED) is 0.840. The van der Waals surface area contributed by atoms with Crippen LogP contribution >= 0.6 is 11.6 Å². The normalized spacial score (nSPS) is 20.9. The fraction of sp³-hybridized carbons (Fsp3) is 0.333. The molecule has 24 heavy (non-hydrogen) atoms. The Balaban J connectivity index is 1.84. The molecule has 6 heteroatoms. The number of hydrogen-bond donors (Lipinski definition) is 0. The fourth-order valence-electron chi connectivity index (χ4n) is 2.80. The van der Waals surface area contributed by atoms with Crippen LogP contribution in [0.5, 0.6) is 0 Å². The van der Waals surface area contributed by atoms with Crippen LogP contribution in [0, 0.1) is 0 Å². The standard InChI is InChI=1S/C18H19ClN2O3/c1-12-11-24-16(13-4-3-5-15(19)8-13)10-21(12)18(23)14-6-7-20(2)17(22)9-14/h3-9,12,16H,10-11H2,1-2H3. The van der Waals surface area contributed by atoms with Crippen molar-refractivity contribution in [3.8, 4) is 0 Å². The lowest BCUT2D eigenvalue weighted by atomic mass is 10.0. The Labute approximate surface area is 145 Å². The number of rotatable bonds is 2. The molecule has 0 radical (unpaired) electrons. The van der Waals surface area contributed by atoms with Gasteiger partial charge in [-0.2, -0.15) is 0 Å². The number of benzene rings is 1. The van der Waals surface area contributed by atoms with Crippen molar-refractivity contribution >= 4 is 17.5 Å². The highest BCUT2D eigenvalue weighted by Gasteiger charge is 2.31. The van der Waals surface area contributed by atoms with Gasteiger partial charge in [-0.25, -0.2) is 0 Å². The zero-order chi connectivity index (χ0) is 17.3. The Morgan fingerprint density at radius 2 is 2.08 bits per heavy atom. The van der Waals surface area contributed by atoms with Crippen LogP contribution < -0.4 is 5.56 Å². The molecule has 0 spiro atoms. The summed E-state index contributed by atoms with van der Waals surface area (Å²) in [5.74, 6) is -0.157. The van der Waals surface area contributed by atoms with Crippen molar-refractivity contribution in [3.63, 3.8) is 0 Å². The summed E-state index contributed by atoms with van der Waals surface area (Å²) in [4.78, 5) is 26.4. The van der Waals surface area contributed by atoms with Crippen molar-refractivity contribution < 1.29 is 9.53 Å². The van der Waals surface area contributed by atoms with Gasteiger partial charge in [0.15, 0.2) is 0 Å². The summed E-state index contributed by atoms with van der Waals surface area (Å²) in [6.07, 6.45) is 1.38. The van der Waals surface area contributed by atoms with Crippen LogP contribution in [-0.4, -0.2) is 34.6 Å². The number of nitrogens with zero attached hydrogens (tertiary/aromatic N) is 2. The summed E-state index contributed by atoms with van der Waals surface area (Å²) in [7, 11) is 1.66. The maximum absolute atomic E-state index is 12.8. The zero-order valence-electron chi connectivity index (χ0n) is 13.6. The Hall–Kier alpha value is -2.11. The Kier molecular flexibility index (Phi) is 4.73. The highest BCUT2D eigenvalue weighted by Crippen LogP contribution is 2.27. The third kappa shape index (κ3) is 3.37. The van der Waals surface area contributed by atoms with Gasteiger partial charge in [-0.1, -0.05) is 23.7 Å². The predicted molar refractivity (Wildman–Crippen MR) is 92.3 cm³/mol. The van der Waals surface area contributed by atoms with Crippen LogP contribution in [0.4, 0.5) is 0 Å². The van der Waals surface area contributed by atoms with Gasteiger partial charge >= 0.3 is 0 Å². The molecule has 1 fully saturated rings. The SMILES string of the molecule is CC1COC(c2cccc(Cl)c2)CN1C(=O)c1ccn(C)c(=O)c1. The molecule has 5 nitrogen and oxygen atoms in total. The number of pyridine rings is 1. The minimum atomic E-state index is -0.226. The third-order valence-corrected chi connectivity index (χ3v) is 4.50. The minimum absolute atomic E-state index is 0.0583. The van der Waals surface area contributed by atoms with E-state index in [1.165, 1.54) is 10.6 Å². The average Bonchev–Trinajstić information content (AvgIpc) is 2.57. The summed E-state index contributed by atoms with van der Waals surface area (Å²) >= 11 is 6.05. The molecule has 0 N–H and O–H groups in total. The largest absolute Gasteiger partial charge is 0.370 e. The maximum Gasteiger partial charge on any atom is 0.254 e. The molecule has 0 saturated carbocycles. The summed E-state index contributed by atoms with van der Waals surface area (Å²) < 4.78 is 7.31. The molecule has 1 saturated heterocycles. The van der Waals surface area contributed by atoms with Gasteiger partial charge in [0.05, 0.1) is 19.2 Å². The van der Waals surface area contributed by atoms with E-state index < -0.39 is 0 Å². The molecule has 0 bridgehead atoms. The molecule has 1 aromatic heterocycles. The van der Waals surface area contributed by atoms with Crippen molar-refractivity contribution in [2.45, 2.75) is 19.1 Å². The van der Waals surface area contributed by atoms with Gasteiger partial charge < -0.3 is 14.2 Å². The summed E-state index contributed by atoms with van der Waals surface area (Å²) in [6.45, 7) is 2.80. The molecular weight excluding hydrogens is 328 g/mol. The molecule has 126 valence electrons. The van der Waals surface area contributed by atoms with Gasteiger partial charge in [0.1, 0.15) is 6.10 Å². The van der Waals surface area contributed by atoms with E-state index in [4.69, 9.17) is 16.3 Å². The number of hydrogen-bond acceptors (Lipinski definition) is 3. The van der Waals surface area contributed by atoms with Crippen LogP contribution in [0.25, 0.3) is 0 Å². The number of morpholine rings is 1. The number of aromatic nitrogens is 1. The molecule has 2 heterocycles. The van der Waals surface area contributed by atoms with Crippen LogP contribution in [0.3, 0.4) is 0 Å². The fourth-order valence-corrected chi connectivity index (χ4v) is 2.99. The van der Waals surface area contributed by atoms with Gasteiger partial charge in [0.25, 0.3) is 11.5 Å². The highest BCUT2D eigenvalue weighted by atomic mass is 35.5. The van der Waals surface area contributed by atoms with E-state index in [2.05, 4.69) is 0 Å². The van der Waals surface area contributed by atoms with Crippen molar-refractivity contribution in [1.82, 2.24) is 9.47 Å². The third-order valence-electron chi connectivity index (χ3n) is 4.27. The van der Waals surface area contributed by atoms with Crippen molar-refractivity contribution in [2.75, 3.05) is 13.2 Å². The van der Waals surface area contributed by atoms with E-state index in [1.54, 1.807) is 30.3 Å². The van der Waals surface area contributed by atoms with Gasteiger partial charge in [0, 0.05) is 29.9 Å². The first-order valence-electron chi connectivity index (χ1n) is 7.80. The number of carbonyl (C=O) groups is 1. The van der Waals surface area contributed by atoms with E-state index >= 15 is 0 Å². The maximum atomic E-state index is 12.8. The number of ether oxygens (including phenoxy) is 1. The minimum Gasteiger partial charge on any atom is -0.370 e. The number of amides is 1. The van der Waals surface area contributed by atoms with E-state index in [9.17, 15) is 9.59 Å². The smallest absolute Gasteiger partial charge is 0.254 e. The first-order valence-corrected chi connectivity index (χ1v) is 8.18. The number of halogens is 1. The highest BCUT2D eigenvalue weighted by molar-refractivity contribution is 6.30. The first-order chi connectivity index (χ1) is 11.5. The molecule has 3 rings (SSSR count). The molecule has 0 aliphatic carbocycles. The molecule has 1 aromatic carbocycles. The van der Waals surface area contributed by atoms with E-state index in [0.717, 1.165) is 5.56 Å². The van der Waals surface area contributed by atoms with E-state index in [1.807, 2.05) is 25.1 Å². The van der Waals surface area contributed by atoms with E-state index in [-0.39, 0.29) is 23.6 Å². The Morgan fingerprint density at radius 3 is 2.79 bits per heavy atom. The Bertz CT molecular complexity index is 818. The summed E-state index contributed by atoms with van der Waals surface area (Å²) in [6, 6.07) is 10.4. The molecule has 2 aromatic rings.